The summed E-state index contributed by atoms with van der Waals surface area (Å²) in [5, 5.41) is 3.37. The zero-order valence-electron chi connectivity index (χ0n) is 13.4. The van der Waals surface area contributed by atoms with E-state index in [1.54, 1.807) is 21.3 Å². The Hall–Kier alpha value is -1.46. The second-order valence-electron chi connectivity index (χ2n) is 5.40. The molecule has 1 heterocycles. The smallest absolute Gasteiger partial charge is 0.203 e. The van der Waals surface area contributed by atoms with Gasteiger partial charge in [0, 0.05) is 19.1 Å². The Morgan fingerprint density at radius 2 is 1.81 bits per heavy atom. The van der Waals surface area contributed by atoms with Gasteiger partial charge in [0.25, 0.3) is 0 Å². The van der Waals surface area contributed by atoms with Crippen molar-refractivity contribution in [2.45, 2.75) is 25.4 Å². The molecule has 1 aromatic carbocycles. The first-order valence-electron chi connectivity index (χ1n) is 7.40. The second kappa shape index (κ2) is 7.52. The molecule has 5 heteroatoms. The van der Waals surface area contributed by atoms with Gasteiger partial charge in [0.2, 0.25) is 5.75 Å². The lowest BCUT2D eigenvalue weighted by atomic mass is 10.0. The van der Waals surface area contributed by atoms with Crippen molar-refractivity contribution in [3.05, 3.63) is 17.7 Å². The van der Waals surface area contributed by atoms with Gasteiger partial charge in [-0.2, -0.15) is 0 Å². The first kappa shape index (κ1) is 15.9. The molecule has 0 radical (unpaired) electrons. The van der Waals surface area contributed by atoms with Crippen molar-refractivity contribution >= 4 is 0 Å². The van der Waals surface area contributed by atoms with Gasteiger partial charge >= 0.3 is 0 Å². The maximum absolute atomic E-state index is 5.41. The number of hydrogen-bond donors (Lipinski definition) is 1. The summed E-state index contributed by atoms with van der Waals surface area (Å²) in [6.07, 6.45) is 2.48. The molecular weight excluding hydrogens is 268 g/mol. The lowest BCUT2D eigenvalue weighted by Gasteiger charge is -2.32. The SMILES string of the molecule is CNC1CCCN(Cc2cc(OC)c(OC)c(OC)c2)C1. The van der Waals surface area contributed by atoms with Gasteiger partial charge in [0.05, 0.1) is 21.3 Å². The Morgan fingerprint density at radius 3 is 2.33 bits per heavy atom. The molecule has 118 valence electrons. The highest BCUT2D eigenvalue weighted by Gasteiger charge is 2.20. The molecule has 21 heavy (non-hydrogen) atoms. The zero-order valence-corrected chi connectivity index (χ0v) is 13.4. The zero-order chi connectivity index (χ0) is 15.2. The van der Waals surface area contributed by atoms with Gasteiger partial charge in [-0.1, -0.05) is 0 Å². The summed E-state index contributed by atoms with van der Waals surface area (Å²) >= 11 is 0. The van der Waals surface area contributed by atoms with E-state index in [4.69, 9.17) is 14.2 Å². The fourth-order valence-electron chi connectivity index (χ4n) is 2.92. The molecule has 1 aliphatic heterocycles. The molecule has 1 saturated heterocycles. The molecule has 0 bridgehead atoms. The van der Waals surface area contributed by atoms with Gasteiger partial charge in [0.1, 0.15) is 0 Å². The van der Waals surface area contributed by atoms with E-state index in [0.717, 1.165) is 19.6 Å². The number of rotatable bonds is 6. The van der Waals surface area contributed by atoms with E-state index in [2.05, 4.69) is 10.2 Å². The van der Waals surface area contributed by atoms with Crippen LogP contribution < -0.4 is 19.5 Å². The Kier molecular flexibility index (Phi) is 5.70. The molecule has 2 rings (SSSR count). The molecular formula is C16H26N2O3. The number of ether oxygens (including phenoxy) is 3. The van der Waals surface area contributed by atoms with Crippen molar-refractivity contribution in [2.24, 2.45) is 0 Å². The highest BCUT2D eigenvalue weighted by molar-refractivity contribution is 5.53. The van der Waals surface area contributed by atoms with E-state index in [1.165, 1.54) is 18.4 Å². The van der Waals surface area contributed by atoms with Crippen LogP contribution in [0.25, 0.3) is 0 Å². The van der Waals surface area contributed by atoms with E-state index in [-0.39, 0.29) is 0 Å². The maximum Gasteiger partial charge on any atom is 0.203 e. The molecule has 1 aromatic rings. The third kappa shape index (κ3) is 3.80. The quantitative estimate of drug-likeness (QED) is 0.868. The van der Waals surface area contributed by atoms with Crippen molar-refractivity contribution in [1.29, 1.82) is 0 Å². The predicted octanol–water partition coefficient (Wildman–Crippen LogP) is 1.90. The van der Waals surface area contributed by atoms with Crippen LogP contribution >= 0.6 is 0 Å². The van der Waals surface area contributed by atoms with Gasteiger partial charge in [-0.3, -0.25) is 4.90 Å². The first-order chi connectivity index (χ1) is 10.2. The fraction of sp³-hybridized carbons (Fsp3) is 0.625. The van der Waals surface area contributed by atoms with Gasteiger partial charge in [-0.25, -0.2) is 0 Å². The van der Waals surface area contributed by atoms with Gasteiger partial charge in [-0.15, -0.1) is 0 Å². The molecule has 1 N–H and O–H groups in total. The largest absolute Gasteiger partial charge is 0.493 e. The topological polar surface area (TPSA) is 43.0 Å². The van der Waals surface area contributed by atoms with Crippen molar-refractivity contribution in [2.75, 3.05) is 41.5 Å². The van der Waals surface area contributed by atoms with E-state index in [1.807, 2.05) is 19.2 Å². The number of nitrogens with zero attached hydrogens (tertiary/aromatic N) is 1. The van der Waals surface area contributed by atoms with Crippen LogP contribution in [0.3, 0.4) is 0 Å². The molecule has 0 spiro atoms. The Bertz CT molecular complexity index is 440. The van der Waals surface area contributed by atoms with Crippen LogP contribution in [0.15, 0.2) is 12.1 Å². The lowest BCUT2D eigenvalue weighted by molar-refractivity contribution is 0.187. The number of methoxy groups -OCH3 is 3. The summed E-state index contributed by atoms with van der Waals surface area (Å²) in [5.41, 5.74) is 1.18. The summed E-state index contributed by atoms with van der Waals surface area (Å²) in [5.74, 6) is 2.08. The number of hydrogen-bond acceptors (Lipinski definition) is 5. The van der Waals surface area contributed by atoms with E-state index >= 15 is 0 Å². The number of likely N-dealkylation sites (tertiary alicyclic amines) is 1. The maximum atomic E-state index is 5.41. The lowest BCUT2D eigenvalue weighted by Crippen LogP contribution is -2.43. The highest BCUT2D eigenvalue weighted by atomic mass is 16.5. The average Bonchev–Trinajstić information content (AvgIpc) is 2.53. The number of nitrogens with one attached hydrogen (secondary N) is 1. The highest BCUT2D eigenvalue weighted by Crippen LogP contribution is 2.38. The summed E-state index contributed by atoms with van der Waals surface area (Å²) in [6.45, 7) is 3.11. The third-order valence-corrected chi connectivity index (χ3v) is 4.04. The fourth-order valence-corrected chi connectivity index (χ4v) is 2.92. The minimum atomic E-state index is 0.584. The van der Waals surface area contributed by atoms with Crippen LogP contribution in [0.4, 0.5) is 0 Å². The van der Waals surface area contributed by atoms with Crippen molar-refractivity contribution in [3.8, 4) is 17.2 Å². The van der Waals surface area contributed by atoms with E-state index in [9.17, 15) is 0 Å². The number of likely N-dealkylation sites (N-methyl/N-ethyl adjacent to an activating group) is 1. The minimum absolute atomic E-state index is 0.584. The minimum Gasteiger partial charge on any atom is -0.493 e. The van der Waals surface area contributed by atoms with Crippen LogP contribution in [0, 0.1) is 0 Å². The van der Waals surface area contributed by atoms with Crippen molar-refractivity contribution < 1.29 is 14.2 Å². The Balaban J connectivity index is 2.16. The predicted molar refractivity (Wildman–Crippen MR) is 83.5 cm³/mol. The third-order valence-electron chi connectivity index (χ3n) is 4.04. The van der Waals surface area contributed by atoms with E-state index < -0.39 is 0 Å². The normalized spacial score (nSPS) is 19.3. The summed E-state index contributed by atoms with van der Waals surface area (Å²) in [6, 6.07) is 4.65. The summed E-state index contributed by atoms with van der Waals surface area (Å²) < 4.78 is 16.2. The van der Waals surface area contributed by atoms with Crippen LogP contribution in [0.1, 0.15) is 18.4 Å². The van der Waals surface area contributed by atoms with Gasteiger partial charge < -0.3 is 19.5 Å². The van der Waals surface area contributed by atoms with Crippen molar-refractivity contribution in [3.63, 3.8) is 0 Å². The Morgan fingerprint density at radius 1 is 1.14 bits per heavy atom. The molecule has 0 amide bonds. The molecule has 0 aliphatic carbocycles. The second-order valence-corrected chi connectivity index (χ2v) is 5.40. The average molecular weight is 294 g/mol. The molecule has 1 atom stereocenters. The summed E-state index contributed by atoms with van der Waals surface area (Å²) in [7, 11) is 6.97. The van der Waals surface area contributed by atoms with E-state index in [0.29, 0.717) is 23.3 Å². The Labute approximate surface area is 127 Å². The molecule has 5 nitrogen and oxygen atoms in total. The van der Waals surface area contributed by atoms with Gasteiger partial charge in [0.15, 0.2) is 11.5 Å². The first-order valence-corrected chi connectivity index (χ1v) is 7.40. The van der Waals surface area contributed by atoms with Crippen molar-refractivity contribution in [1.82, 2.24) is 10.2 Å². The van der Waals surface area contributed by atoms with Crippen LogP contribution in [0.5, 0.6) is 17.2 Å². The van der Waals surface area contributed by atoms with Crippen LogP contribution in [-0.2, 0) is 6.54 Å². The molecule has 0 saturated carbocycles. The molecule has 1 fully saturated rings. The molecule has 0 aromatic heterocycles. The molecule has 1 aliphatic rings. The number of piperidine rings is 1. The molecule has 1 unspecified atom stereocenters. The standard InChI is InChI=1S/C16H26N2O3/c1-17-13-6-5-7-18(11-13)10-12-8-14(19-2)16(21-4)15(9-12)20-3/h8-9,13,17H,5-7,10-11H2,1-4H3. The van der Waals surface area contributed by atoms with Crippen LogP contribution in [0.2, 0.25) is 0 Å². The van der Waals surface area contributed by atoms with Crippen LogP contribution in [-0.4, -0.2) is 52.4 Å². The monoisotopic (exact) mass is 294 g/mol. The summed E-state index contributed by atoms with van der Waals surface area (Å²) in [4.78, 5) is 2.46. The number of benzene rings is 1. The van der Waals surface area contributed by atoms with Gasteiger partial charge in [-0.05, 0) is 44.1 Å².